The summed E-state index contributed by atoms with van der Waals surface area (Å²) in [5.41, 5.74) is 13.1. The van der Waals surface area contributed by atoms with E-state index in [0.29, 0.717) is 11.1 Å². The molecule has 0 spiro atoms. The van der Waals surface area contributed by atoms with Gasteiger partial charge in [-0.25, -0.2) is 8.78 Å². The van der Waals surface area contributed by atoms with Gasteiger partial charge in [0.2, 0.25) is 0 Å². The van der Waals surface area contributed by atoms with Gasteiger partial charge in [0, 0.05) is 12.1 Å². The van der Waals surface area contributed by atoms with E-state index in [2.05, 4.69) is 0 Å². The predicted octanol–water partition coefficient (Wildman–Crippen LogP) is 4.04. The Morgan fingerprint density at radius 2 is 1.14 bits per heavy atom. The summed E-state index contributed by atoms with van der Waals surface area (Å²) in [6.45, 7) is 0. The maximum atomic E-state index is 13.1. The van der Waals surface area contributed by atoms with Gasteiger partial charge in [-0.1, -0.05) is 24.3 Å². The molecule has 2 rings (SSSR count). The summed E-state index contributed by atoms with van der Waals surface area (Å²) in [5, 5.41) is 0. The second kappa shape index (κ2) is 9.49. The number of benzene rings is 2. The van der Waals surface area contributed by atoms with Crippen LogP contribution in [0.2, 0.25) is 0 Å². The predicted molar refractivity (Wildman–Crippen MR) is 78.4 cm³/mol. The summed E-state index contributed by atoms with van der Waals surface area (Å²) >= 11 is -0.472. The van der Waals surface area contributed by atoms with Crippen LogP contribution < -0.4 is 11.5 Å². The molecule has 2 aromatic carbocycles. The van der Waals surface area contributed by atoms with Crippen molar-refractivity contribution in [2.75, 3.05) is 0 Å². The molecule has 0 amide bonds. The van der Waals surface area contributed by atoms with Gasteiger partial charge in [-0.15, -0.1) is 0 Å². The molecule has 0 radical (unpaired) electrons. The molecule has 2 aromatic rings. The molecule has 0 saturated heterocycles. The summed E-state index contributed by atoms with van der Waals surface area (Å²) in [5.74, 6) is -0.733. The van der Waals surface area contributed by atoms with Gasteiger partial charge in [-0.05, 0) is 35.4 Å². The molecule has 2 atom stereocenters. The van der Waals surface area contributed by atoms with Crippen LogP contribution in [0.5, 0.6) is 0 Å². The van der Waals surface area contributed by atoms with Crippen molar-refractivity contribution in [1.82, 2.24) is 0 Å². The molecule has 7 heteroatoms. The third-order valence-electron chi connectivity index (χ3n) is 2.85. The van der Waals surface area contributed by atoms with Gasteiger partial charge in [0.05, 0.1) is 0 Å². The molecule has 0 bridgehead atoms. The van der Waals surface area contributed by atoms with Crippen LogP contribution in [0.15, 0.2) is 48.5 Å². The molecule has 0 saturated carbocycles. The van der Waals surface area contributed by atoms with E-state index < -0.39 is 28.6 Å². The van der Waals surface area contributed by atoms with Crippen LogP contribution in [-0.4, -0.2) is 0 Å². The zero-order valence-electron chi connectivity index (χ0n) is 10.8. The van der Waals surface area contributed by atoms with Gasteiger partial charge in [0.25, 0.3) is 0 Å². The number of hydrogen-bond donors (Lipinski definition) is 2. The van der Waals surface area contributed by atoms with Gasteiger partial charge in [0.1, 0.15) is 11.6 Å². The SMILES string of the molecule is N[C@H](c1cccc(F)c1)[C@@H](N)c1cccc(F)c1.[Cl][Pt][Cl]. The fourth-order valence-corrected chi connectivity index (χ4v) is 1.84. The normalized spacial score (nSPS) is 13.2. The van der Waals surface area contributed by atoms with Crippen molar-refractivity contribution in [3.05, 3.63) is 71.3 Å². The van der Waals surface area contributed by atoms with Crippen LogP contribution in [0.25, 0.3) is 0 Å². The van der Waals surface area contributed by atoms with E-state index in [9.17, 15) is 8.78 Å². The fraction of sp³-hybridized carbons (Fsp3) is 0.143. The third-order valence-corrected chi connectivity index (χ3v) is 2.85. The van der Waals surface area contributed by atoms with Crippen LogP contribution in [0, 0.1) is 11.6 Å². The van der Waals surface area contributed by atoms with Crippen molar-refractivity contribution in [1.29, 1.82) is 0 Å². The third kappa shape index (κ3) is 6.01. The molecule has 118 valence electrons. The Hall–Kier alpha value is -0.512. The first-order valence-electron chi connectivity index (χ1n) is 5.84. The Bertz CT molecular complexity index is 523. The molecule has 21 heavy (non-hydrogen) atoms. The first kappa shape index (κ1) is 18.5. The second-order valence-corrected chi connectivity index (χ2v) is 7.49. The van der Waals surface area contributed by atoms with Gasteiger partial charge >= 0.3 is 35.3 Å². The average molecular weight is 514 g/mol. The van der Waals surface area contributed by atoms with Gasteiger partial charge < -0.3 is 11.5 Å². The summed E-state index contributed by atoms with van der Waals surface area (Å²) in [4.78, 5) is 0. The van der Waals surface area contributed by atoms with E-state index in [1.54, 1.807) is 24.3 Å². The van der Waals surface area contributed by atoms with Gasteiger partial charge in [0.15, 0.2) is 0 Å². The van der Waals surface area contributed by atoms with Crippen molar-refractivity contribution in [3.63, 3.8) is 0 Å². The molecular weight excluding hydrogens is 500 g/mol. The molecule has 0 fully saturated rings. The number of halogens is 4. The van der Waals surface area contributed by atoms with E-state index in [4.69, 9.17) is 30.3 Å². The Morgan fingerprint density at radius 1 is 0.810 bits per heavy atom. The Kier molecular flexibility index (Phi) is 8.38. The molecule has 0 aromatic heterocycles. The monoisotopic (exact) mass is 513 g/mol. The van der Waals surface area contributed by atoms with Crippen molar-refractivity contribution >= 4 is 18.8 Å². The first-order valence-corrected chi connectivity index (χ1v) is 11.5. The number of hydrogen-bond acceptors (Lipinski definition) is 2. The number of nitrogens with two attached hydrogens (primary N) is 2. The molecule has 2 nitrogen and oxygen atoms in total. The molecule has 0 aliphatic heterocycles. The Balaban J connectivity index is 0.000000677. The molecule has 4 N–H and O–H groups in total. The molecule has 0 aliphatic carbocycles. The summed E-state index contributed by atoms with van der Waals surface area (Å²) in [7, 11) is 9.75. The van der Waals surface area contributed by atoms with E-state index in [0.717, 1.165) is 0 Å². The van der Waals surface area contributed by atoms with E-state index in [1.165, 1.54) is 24.3 Å². The van der Waals surface area contributed by atoms with Gasteiger partial charge in [-0.3, -0.25) is 0 Å². The molecule has 0 aliphatic rings. The van der Waals surface area contributed by atoms with Gasteiger partial charge in [-0.2, -0.15) is 0 Å². The minimum atomic E-state index is -0.581. The van der Waals surface area contributed by atoms with Crippen LogP contribution in [0.1, 0.15) is 23.2 Å². The van der Waals surface area contributed by atoms with E-state index in [-0.39, 0.29) is 11.6 Å². The minimum absolute atomic E-state index is 0.366. The standard InChI is InChI=1S/C14H14F2N2.2ClH.Pt/c15-11-5-1-3-9(7-11)13(17)14(18)10-4-2-6-12(16)8-10;;;/h1-8,13-14H,17-18H2;2*1H;/q;;;+2/p-2/t13-,14+;;;. The Morgan fingerprint density at radius 3 is 1.43 bits per heavy atom. The fourth-order valence-electron chi connectivity index (χ4n) is 1.84. The van der Waals surface area contributed by atoms with Crippen LogP contribution >= 0.6 is 18.8 Å². The average Bonchev–Trinajstić information content (AvgIpc) is 2.46. The topological polar surface area (TPSA) is 52.0 Å². The van der Waals surface area contributed by atoms with Crippen molar-refractivity contribution < 1.29 is 25.3 Å². The van der Waals surface area contributed by atoms with Crippen molar-refractivity contribution in [3.8, 4) is 0 Å². The van der Waals surface area contributed by atoms with Crippen molar-refractivity contribution in [2.24, 2.45) is 11.5 Å². The summed E-state index contributed by atoms with van der Waals surface area (Å²) in [6, 6.07) is 10.7. The number of rotatable bonds is 3. The molecular formula is C14H14Cl2F2N2Pt. The first-order chi connectivity index (χ1) is 9.99. The van der Waals surface area contributed by atoms with E-state index in [1.807, 2.05) is 0 Å². The zero-order chi connectivity index (χ0) is 15.8. The van der Waals surface area contributed by atoms with Crippen molar-refractivity contribution in [2.45, 2.75) is 12.1 Å². The summed E-state index contributed by atoms with van der Waals surface area (Å²) in [6.07, 6.45) is 0. The van der Waals surface area contributed by atoms with Crippen LogP contribution in [0.3, 0.4) is 0 Å². The van der Waals surface area contributed by atoms with Crippen LogP contribution in [0.4, 0.5) is 8.78 Å². The second-order valence-electron chi connectivity index (χ2n) is 4.21. The quantitative estimate of drug-likeness (QED) is 0.650. The Labute approximate surface area is 138 Å². The summed E-state index contributed by atoms with van der Waals surface area (Å²) < 4.78 is 26.2. The molecule has 0 heterocycles. The van der Waals surface area contributed by atoms with E-state index >= 15 is 0 Å². The maximum absolute atomic E-state index is 13.1. The molecule has 0 unspecified atom stereocenters. The zero-order valence-corrected chi connectivity index (χ0v) is 14.5. The van der Waals surface area contributed by atoms with Crippen LogP contribution in [-0.2, 0) is 16.5 Å².